The Kier molecular flexibility index (Phi) is 3.66. The number of carbonyl (C=O) groups excluding carboxylic acids is 2. The van der Waals surface area contributed by atoms with Gasteiger partial charge < -0.3 is 19.2 Å². The molecule has 0 saturated carbocycles. The number of aryl methyl sites for hydroxylation is 2. The Hall–Kier alpha value is -2.67. The fourth-order valence-corrected chi connectivity index (χ4v) is 3.73. The van der Waals surface area contributed by atoms with Gasteiger partial charge in [0.05, 0.1) is 11.6 Å². The Morgan fingerprint density at radius 2 is 2.00 bits per heavy atom. The van der Waals surface area contributed by atoms with Crippen molar-refractivity contribution in [2.45, 2.75) is 32.9 Å². The third-order valence-corrected chi connectivity index (χ3v) is 4.96. The van der Waals surface area contributed by atoms with Crippen molar-refractivity contribution >= 4 is 23.5 Å². The standard InChI is InChI=1S/C18H17ClN2O5/c1-9-4-12(10(2)26-9)18(3)16(22)21(17(23)20-18)7-11-5-13(19)15-14(6-11)24-8-25-15/h4-6H,7-8H2,1-3H3,(H,20,23). The normalized spacial score (nSPS) is 21.5. The van der Waals surface area contributed by atoms with Crippen molar-refractivity contribution in [3.8, 4) is 11.5 Å². The largest absolute Gasteiger partial charge is 0.466 e. The number of rotatable bonds is 3. The maximum atomic E-state index is 13.0. The molecule has 1 N–H and O–H groups in total. The Bertz CT molecular complexity index is 938. The minimum atomic E-state index is -1.17. The van der Waals surface area contributed by atoms with E-state index in [2.05, 4.69) is 5.32 Å². The molecule has 1 aromatic heterocycles. The van der Waals surface area contributed by atoms with Crippen molar-refractivity contribution < 1.29 is 23.5 Å². The second kappa shape index (κ2) is 5.67. The Morgan fingerprint density at radius 3 is 2.69 bits per heavy atom. The number of hydrogen-bond acceptors (Lipinski definition) is 5. The molecule has 1 unspecified atom stereocenters. The zero-order valence-electron chi connectivity index (χ0n) is 14.5. The average Bonchev–Trinajstić information content (AvgIpc) is 3.22. The summed E-state index contributed by atoms with van der Waals surface area (Å²) in [7, 11) is 0. The van der Waals surface area contributed by atoms with E-state index >= 15 is 0 Å². The fourth-order valence-electron chi connectivity index (χ4n) is 3.44. The van der Waals surface area contributed by atoms with Crippen LogP contribution >= 0.6 is 11.6 Å². The van der Waals surface area contributed by atoms with E-state index in [0.29, 0.717) is 39.2 Å². The first-order chi connectivity index (χ1) is 12.3. The van der Waals surface area contributed by atoms with Gasteiger partial charge >= 0.3 is 6.03 Å². The van der Waals surface area contributed by atoms with Crippen LogP contribution in [0.25, 0.3) is 0 Å². The molecule has 8 heteroatoms. The number of nitrogens with one attached hydrogen (secondary N) is 1. The highest BCUT2D eigenvalue weighted by atomic mass is 35.5. The number of hydrogen-bond donors (Lipinski definition) is 1. The predicted octanol–water partition coefficient (Wildman–Crippen LogP) is 3.25. The van der Waals surface area contributed by atoms with Gasteiger partial charge in [-0.2, -0.15) is 0 Å². The monoisotopic (exact) mass is 376 g/mol. The van der Waals surface area contributed by atoms with Crippen molar-refractivity contribution in [3.63, 3.8) is 0 Å². The molecule has 1 aromatic carbocycles. The molecule has 3 amide bonds. The summed E-state index contributed by atoms with van der Waals surface area (Å²) in [6, 6.07) is 4.69. The molecule has 3 heterocycles. The smallest absolute Gasteiger partial charge is 0.325 e. The summed E-state index contributed by atoms with van der Waals surface area (Å²) >= 11 is 6.19. The van der Waals surface area contributed by atoms with Gasteiger partial charge in [0.15, 0.2) is 11.5 Å². The minimum Gasteiger partial charge on any atom is -0.466 e. The highest BCUT2D eigenvalue weighted by molar-refractivity contribution is 6.32. The lowest BCUT2D eigenvalue weighted by Gasteiger charge is -2.21. The zero-order chi connectivity index (χ0) is 18.6. The van der Waals surface area contributed by atoms with Crippen LogP contribution in [0.4, 0.5) is 4.79 Å². The van der Waals surface area contributed by atoms with Gasteiger partial charge in [-0.3, -0.25) is 9.69 Å². The third-order valence-electron chi connectivity index (χ3n) is 4.68. The number of halogens is 1. The summed E-state index contributed by atoms with van der Waals surface area (Å²) in [5.74, 6) is 1.92. The lowest BCUT2D eigenvalue weighted by molar-refractivity contribution is -0.131. The molecular weight excluding hydrogens is 360 g/mol. The van der Waals surface area contributed by atoms with Crippen LogP contribution in [-0.4, -0.2) is 23.6 Å². The van der Waals surface area contributed by atoms with Crippen LogP contribution in [0.5, 0.6) is 11.5 Å². The lowest BCUT2D eigenvalue weighted by Crippen LogP contribution is -2.41. The summed E-state index contributed by atoms with van der Waals surface area (Å²) in [6.45, 7) is 5.42. The Balaban J connectivity index is 1.64. The van der Waals surface area contributed by atoms with E-state index < -0.39 is 11.6 Å². The summed E-state index contributed by atoms with van der Waals surface area (Å²) in [6.07, 6.45) is 0. The molecule has 1 saturated heterocycles. The highest BCUT2D eigenvalue weighted by Crippen LogP contribution is 2.40. The van der Waals surface area contributed by atoms with Crippen LogP contribution in [0, 0.1) is 13.8 Å². The number of fused-ring (bicyclic) bond motifs is 1. The molecule has 4 rings (SSSR count). The molecule has 0 aliphatic carbocycles. The van der Waals surface area contributed by atoms with Crippen LogP contribution in [0.1, 0.15) is 29.6 Å². The maximum Gasteiger partial charge on any atom is 0.325 e. The zero-order valence-corrected chi connectivity index (χ0v) is 15.3. The van der Waals surface area contributed by atoms with Crippen molar-refractivity contribution in [2.24, 2.45) is 0 Å². The van der Waals surface area contributed by atoms with E-state index in [-0.39, 0.29) is 19.2 Å². The molecule has 26 heavy (non-hydrogen) atoms. The molecule has 2 aliphatic heterocycles. The fraction of sp³-hybridized carbons (Fsp3) is 0.333. The topological polar surface area (TPSA) is 81.0 Å². The number of benzene rings is 1. The number of nitrogens with zero attached hydrogens (tertiary/aromatic N) is 1. The van der Waals surface area contributed by atoms with Crippen LogP contribution < -0.4 is 14.8 Å². The van der Waals surface area contributed by atoms with E-state index in [0.717, 1.165) is 4.90 Å². The first-order valence-electron chi connectivity index (χ1n) is 8.09. The molecular formula is C18H17ClN2O5. The van der Waals surface area contributed by atoms with Crippen LogP contribution in [-0.2, 0) is 16.9 Å². The quantitative estimate of drug-likeness (QED) is 0.832. The second-order valence-corrected chi connectivity index (χ2v) is 6.99. The van der Waals surface area contributed by atoms with Gasteiger partial charge in [0, 0.05) is 5.56 Å². The number of imide groups is 1. The van der Waals surface area contributed by atoms with Crippen LogP contribution in [0.3, 0.4) is 0 Å². The molecule has 0 radical (unpaired) electrons. The van der Waals surface area contributed by atoms with E-state index in [1.54, 1.807) is 39.0 Å². The molecule has 1 atom stereocenters. The van der Waals surface area contributed by atoms with Crippen molar-refractivity contribution in [1.29, 1.82) is 0 Å². The van der Waals surface area contributed by atoms with Crippen molar-refractivity contribution in [3.05, 3.63) is 45.9 Å². The Labute approximate surface area is 154 Å². The maximum absolute atomic E-state index is 13.0. The van der Waals surface area contributed by atoms with E-state index in [1.807, 2.05) is 0 Å². The van der Waals surface area contributed by atoms with Gasteiger partial charge in [-0.15, -0.1) is 0 Å². The van der Waals surface area contributed by atoms with Gasteiger partial charge in [0.1, 0.15) is 17.1 Å². The van der Waals surface area contributed by atoms with Crippen LogP contribution in [0.2, 0.25) is 5.02 Å². The second-order valence-electron chi connectivity index (χ2n) is 6.58. The first-order valence-corrected chi connectivity index (χ1v) is 8.47. The van der Waals surface area contributed by atoms with Gasteiger partial charge in [-0.1, -0.05) is 11.6 Å². The number of urea groups is 1. The first kappa shape index (κ1) is 16.8. The van der Waals surface area contributed by atoms with E-state index in [9.17, 15) is 9.59 Å². The number of amides is 3. The van der Waals surface area contributed by atoms with Gasteiger partial charge in [0.2, 0.25) is 6.79 Å². The van der Waals surface area contributed by atoms with Crippen molar-refractivity contribution in [2.75, 3.05) is 6.79 Å². The average molecular weight is 377 g/mol. The highest BCUT2D eigenvalue weighted by Gasteiger charge is 2.50. The summed E-state index contributed by atoms with van der Waals surface area (Å²) in [5.41, 5.74) is 0.158. The number of carbonyl (C=O) groups is 2. The van der Waals surface area contributed by atoms with Gasteiger partial charge in [-0.05, 0) is 44.5 Å². The third kappa shape index (κ3) is 2.42. The summed E-state index contributed by atoms with van der Waals surface area (Å²) < 4.78 is 16.1. The Morgan fingerprint density at radius 1 is 1.23 bits per heavy atom. The SMILES string of the molecule is Cc1cc(C2(C)NC(=O)N(Cc3cc(Cl)c4c(c3)OCO4)C2=O)c(C)o1. The molecule has 7 nitrogen and oxygen atoms in total. The molecule has 0 bridgehead atoms. The molecule has 0 spiro atoms. The molecule has 1 fully saturated rings. The number of ether oxygens (including phenoxy) is 2. The predicted molar refractivity (Wildman–Crippen MR) is 92.2 cm³/mol. The van der Waals surface area contributed by atoms with E-state index in [1.165, 1.54) is 0 Å². The van der Waals surface area contributed by atoms with E-state index in [4.69, 9.17) is 25.5 Å². The molecule has 136 valence electrons. The molecule has 2 aliphatic rings. The lowest BCUT2D eigenvalue weighted by atomic mass is 9.92. The van der Waals surface area contributed by atoms with Crippen LogP contribution in [0.15, 0.2) is 22.6 Å². The van der Waals surface area contributed by atoms with Gasteiger partial charge in [0.25, 0.3) is 5.91 Å². The van der Waals surface area contributed by atoms with Crippen molar-refractivity contribution in [1.82, 2.24) is 10.2 Å². The molecule has 2 aromatic rings. The summed E-state index contributed by atoms with van der Waals surface area (Å²) in [4.78, 5) is 26.7. The van der Waals surface area contributed by atoms with Gasteiger partial charge in [-0.25, -0.2) is 4.79 Å². The minimum absolute atomic E-state index is 0.0759. The summed E-state index contributed by atoms with van der Waals surface area (Å²) in [5, 5.41) is 3.16. The number of furan rings is 1.